The number of carboxylic acids is 2. The number of fused-ring (bicyclic) bond motifs is 1. The van der Waals surface area contributed by atoms with Gasteiger partial charge in [0, 0.05) is 34.6 Å². The Balaban J connectivity index is 0.00000323. The predicted octanol–water partition coefficient (Wildman–Crippen LogP) is 1.47. The molecule has 0 amide bonds. The van der Waals surface area contributed by atoms with Crippen molar-refractivity contribution in [1.82, 2.24) is 13.9 Å². The Hall–Kier alpha value is -2.34. The van der Waals surface area contributed by atoms with E-state index in [0.717, 1.165) is 27.7 Å². The molecule has 2 N–H and O–H groups in total. The average molecular weight is 652 g/mol. The van der Waals surface area contributed by atoms with Crippen molar-refractivity contribution in [2.45, 2.75) is 29.7 Å². The fraction of sp³-hybridized carbons (Fsp3) is 0.231. The van der Waals surface area contributed by atoms with Crippen LogP contribution in [0.2, 0.25) is 0 Å². The molecule has 17 heteroatoms. The van der Waals surface area contributed by atoms with Crippen LogP contribution in [0.4, 0.5) is 0 Å². The van der Waals surface area contributed by atoms with Gasteiger partial charge in [0.05, 0.1) is 35.8 Å². The van der Waals surface area contributed by atoms with E-state index in [1.54, 1.807) is 13.1 Å². The van der Waals surface area contributed by atoms with Gasteiger partial charge in [-0.15, -0.1) is 0 Å². The van der Waals surface area contributed by atoms with Crippen LogP contribution in [-0.4, -0.2) is 129 Å². The van der Waals surface area contributed by atoms with Crippen molar-refractivity contribution >= 4 is 103 Å². The first-order chi connectivity index (χ1) is 19.4. The van der Waals surface area contributed by atoms with Crippen LogP contribution in [0.1, 0.15) is 27.2 Å². The third-order valence-corrected chi connectivity index (χ3v) is 9.12. The van der Waals surface area contributed by atoms with E-state index in [-0.39, 0.29) is 86.8 Å². The van der Waals surface area contributed by atoms with Gasteiger partial charge in [-0.3, -0.25) is 4.98 Å². The predicted molar refractivity (Wildman–Crippen MR) is 160 cm³/mol. The van der Waals surface area contributed by atoms with Crippen LogP contribution in [0.3, 0.4) is 0 Å². The van der Waals surface area contributed by atoms with Crippen LogP contribution in [0.25, 0.3) is 11.0 Å². The van der Waals surface area contributed by atoms with Crippen molar-refractivity contribution in [2.24, 2.45) is 0 Å². The van der Waals surface area contributed by atoms with Gasteiger partial charge in [0.15, 0.2) is 12.4 Å². The molecule has 0 aliphatic rings. The number of nitrogens with zero attached hydrogens (tertiary/aromatic N) is 3. The summed E-state index contributed by atoms with van der Waals surface area (Å²) in [6, 6.07) is 7.37. The minimum absolute atomic E-state index is 0. The van der Waals surface area contributed by atoms with Gasteiger partial charge in [-0.1, -0.05) is 0 Å². The van der Waals surface area contributed by atoms with Crippen molar-refractivity contribution in [3.63, 3.8) is 0 Å². The molecule has 0 fully saturated rings. The first-order valence-electron chi connectivity index (χ1n) is 11.8. The number of hydrogen-bond acceptors (Lipinski definition) is 10. The van der Waals surface area contributed by atoms with Crippen molar-refractivity contribution in [1.29, 1.82) is 0 Å². The fourth-order valence-corrected chi connectivity index (χ4v) is 7.20. The second kappa shape index (κ2) is 15.1. The Morgan fingerprint density at radius 1 is 1.05 bits per heavy atom. The number of imidazole rings is 1. The molecule has 13 nitrogen and oxygen atoms in total. The topological polar surface area (TPSA) is 190 Å². The molecule has 43 heavy (non-hydrogen) atoms. The molecule has 0 aliphatic heterocycles. The second-order valence-electron chi connectivity index (χ2n) is 8.70. The Morgan fingerprint density at radius 2 is 1.74 bits per heavy atom. The number of benzene rings is 2. The number of aliphatic carboxylic acids is 1. The molecule has 1 atom stereocenters. The van der Waals surface area contributed by atoms with Crippen molar-refractivity contribution in [3.05, 3.63) is 65.0 Å². The quantitative estimate of drug-likeness (QED) is 0.176. The number of aryl methyl sites for hydroxylation is 1. The summed E-state index contributed by atoms with van der Waals surface area (Å²) in [4.78, 5) is 31.0. The van der Waals surface area contributed by atoms with Crippen LogP contribution < -0.4 is 14.2 Å². The van der Waals surface area contributed by atoms with E-state index in [2.05, 4.69) is 9.97 Å². The molecule has 4 rings (SSSR count). The van der Waals surface area contributed by atoms with Gasteiger partial charge in [-0.25, -0.2) is 18.0 Å². The Kier molecular flexibility index (Phi) is 12.9. The van der Waals surface area contributed by atoms with E-state index < -0.39 is 50.2 Å². The first-order valence-corrected chi connectivity index (χ1v) is 14.6. The molecule has 2 heterocycles. The molecular weight excluding hydrogens is 624 g/mol. The molecule has 220 valence electrons. The zero-order valence-corrected chi connectivity index (χ0v) is 23.9. The molecule has 2 aromatic carbocycles. The van der Waals surface area contributed by atoms with Crippen LogP contribution in [0, 0.1) is 13.8 Å². The number of ether oxygens (including phenoxy) is 3. The third-order valence-electron chi connectivity index (χ3n) is 6.08. The zero-order valence-electron chi connectivity index (χ0n) is 22.3. The number of rotatable bonds is 11. The van der Waals surface area contributed by atoms with Crippen LogP contribution in [0.15, 0.2) is 52.6 Å². The summed E-state index contributed by atoms with van der Waals surface area (Å²) >= 11 is -2.05. The van der Waals surface area contributed by atoms with E-state index in [9.17, 15) is 27.7 Å². The number of hydrogen-bond donors (Lipinski definition) is 2. The molecule has 0 bridgehead atoms. The molecule has 0 saturated heterocycles. The summed E-state index contributed by atoms with van der Waals surface area (Å²) in [6.07, 6.45) is 1.56. The van der Waals surface area contributed by atoms with Crippen LogP contribution >= 0.6 is 0 Å². The van der Waals surface area contributed by atoms with Gasteiger partial charge in [0.25, 0.3) is 10.0 Å². The third kappa shape index (κ3) is 7.67. The minimum atomic E-state index is -4.60. The summed E-state index contributed by atoms with van der Waals surface area (Å²) in [6.45, 7) is 2.72. The van der Waals surface area contributed by atoms with Gasteiger partial charge in [0.1, 0.15) is 22.8 Å². The van der Waals surface area contributed by atoms with Crippen LogP contribution in [-0.2, 0) is 31.7 Å². The molecule has 4 aromatic rings. The SMILES string of the molecule is COc1ccc2c(c1)nc([S+]([O-])Cc1ncc(C)c(OC)c1C)n2S(=O)(=O)c1ccc(OCC(=O)O)c(C(=O)O)c1.[NaH].[NaH]. The van der Waals surface area contributed by atoms with E-state index >= 15 is 0 Å². The average Bonchev–Trinajstić information content (AvgIpc) is 3.33. The van der Waals surface area contributed by atoms with Crippen molar-refractivity contribution in [2.75, 3.05) is 20.8 Å². The van der Waals surface area contributed by atoms with E-state index in [1.807, 2.05) is 6.92 Å². The summed E-state index contributed by atoms with van der Waals surface area (Å²) in [7, 11) is -1.68. The Morgan fingerprint density at radius 3 is 2.35 bits per heavy atom. The maximum absolute atomic E-state index is 14.0. The number of aromatic carboxylic acids is 1. The second-order valence-corrected chi connectivity index (χ2v) is 11.8. The number of carboxylic acid groups (broad SMARTS) is 2. The van der Waals surface area contributed by atoms with E-state index in [4.69, 9.17) is 19.3 Å². The molecular formula is C26H27N3Na2O10S2. The van der Waals surface area contributed by atoms with Gasteiger partial charge in [-0.05, 0) is 44.2 Å². The monoisotopic (exact) mass is 651 g/mol. The van der Waals surface area contributed by atoms with E-state index in [1.165, 1.54) is 32.4 Å². The molecule has 2 aromatic heterocycles. The number of carbonyl (C=O) groups is 2. The summed E-state index contributed by atoms with van der Waals surface area (Å²) in [5.74, 6) is -2.48. The number of aromatic nitrogens is 3. The molecule has 1 unspecified atom stereocenters. The van der Waals surface area contributed by atoms with Crippen molar-refractivity contribution in [3.8, 4) is 17.2 Å². The standard InChI is InChI=1S/C26H25N3O10S2.2Na.2H/c1-14-11-27-20(15(2)24(14)38-4)13-40(34)26-28-19-9-16(37-3)5-7-21(19)29(26)41(35,36)17-6-8-22(39-12-23(30)31)18(10-17)25(32)33;;;;/h5-11H,12-13H2,1-4H3,(H,30,31)(H,32,33);;;;. The molecule has 0 aliphatic carbocycles. The first kappa shape index (κ1) is 36.8. The van der Waals surface area contributed by atoms with Gasteiger partial charge < -0.3 is 29.0 Å². The Bertz CT molecular complexity index is 1780. The normalized spacial score (nSPS) is 11.7. The number of pyridine rings is 1. The van der Waals surface area contributed by atoms with E-state index in [0.29, 0.717) is 22.8 Å². The van der Waals surface area contributed by atoms with Gasteiger partial charge in [0.2, 0.25) is 0 Å². The molecule has 0 spiro atoms. The summed E-state index contributed by atoms with van der Waals surface area (Å²) in [5, 5.41) is 18.2. The zero-order chi connectivity index (χ0) is 30.1. The number of methoxy groups -OCH3 is 2. The summed E-state index contributed by atoms with van der Waals surface area (Å²) in [5.41, 5.74) is 1.48. The maximum atomic E-state index is 14.0. The van der Waals surface area contributed by atoms with Gasteiger partial charge in [-0.2, -0.15) is 8.96 Å². The summed E-state index contributed by atoms with van der Waals surface area (Å²) < 4.78 is 58.2. The van der Waals surface area contributed by atoms with Crippen LogP contribution in [0.5, 0.6) is 17.2 Å². The molecule has 0 radical (unpaired) electrons. The Labute approximate surface area is 294 Å². The van der Waals surface area contributed by atoms with Gasteiger partial charge >= 0.3 is 76.2 Å². The fourth-order valence-electron chi connectivity index (χ4n) is 4.13. The molecule has 0 saturated carbocycles. The van der Waals surface area contributed by atoms with Crippen molar-refractivity contribution < 1.29 is 47.0 Å².